The molecule has 0 aliphatic rings. The fourth-order valence-corrected chi connectivity index (χ4v) is 1.89. The highest BCUT2D eigenvalue weighted by Gasteiger charge is 2.20. The van der Waals surface area contributed by atoms with Crippen LogP contribution >= 0.6 is 0 Å². The van der Waals surface area contributed by atoms with Gasteiger partial charge >= 0.3 is 5.97 Å². The molecule has 0 amide bonds. The Morgan fingerprint density at radius 1 is 1.50 bits per heavy atom. The van der Waals surface area contributed by atoms with Crippen molar-refractivity contribution in [2.75, 3.05) is 33.7 Å². The van der Waals surface area contributed by atoms with Crippen LogP contribution in [0.25, 0.3) is 0 Å². The Balaban J connectivity index is 2.75. The molecule has 0 radical (unpaired) electrons. The fraction of sp³-hybridized carbons (Fsp3) is 0.667. The number of aryl methyl sites for hydroxylation is 1. The maximum atomic E-state index is 10.9. The van der Waals surface area contributed by atoms with Gasteiger partial charge in [-0.05, 0) is 27.1 Å². The van der Waals surface area contributed by atoms with E-state index in [0.29, 0.717) is 6.54 Å². The predicted molar refractivity (Wildman–Crippen MR) is 69.4 cm³/mol. The van der Waals surface area contributed by atoms with Crippen molar-refractivity contribution in [3.05, 3.63) is 18.0 Å². The van der Waals surface area contributed by atoms with Gasteiger partial charge in [-0.1, -0.05) is 0 Å². The SMILES string of the molecule is CC(c1ccnn1C)N(CCN(C)C)CC(=O)O. The normalized spacial score (nSPS) is 13.2. The summed E-state index contributed by atoms with van der Waals surface area (Å²) >= 11 is 0. The zero-order chi connectivity index (χ0) is 13.7. The first-order valence-electron chi connectivity index (χ1n) is 6.00. The van der Waals surface area contributed by atoms with Crippen LogP contribution in [0.1, 0.15) is 18.7 Å². The molecule has 6 heteroatoms. The molecule has 1 rings (SSSR count). The molecule has 18 heavy (non-hydrogen) atoms. The highest BCUT2D eigenvalue weighted by atomic mass is 16.4. The number of carboxylic acid groups (broad SMARTS) is 1. The van der Waals surface area contributed by atoms with Gasteiger partial charge in [0.2, 0.25) is 0 Å². The third-order valence-corrected chi connectivity index (χ3v) is 3.01. The maximum Gasteiger partial charge on any atom is 0.317 e. The van der Waals surface area contributed by atoms with Crippen LogP contribution in [-0.4, -0.2) is 64.4 Å². The molecule has 0 fully saturated rings. The third kappa shape index (κ3) is 4.12. The summed E-state index contributed by atoms with van der Waals surface area (Å²) in [7, 11) is 5.83. The Hall–Kier alpha value is -1.40. The average molecular weight is 254 g/mol. The minimum Gasteiger partial charge on any atom is -0.480 e. The van der Waals surface area contributed by atoms with E-state index in [1.807, 2.05) is 43.9 Å². The summed E-state index contributed by atoms with van der Waals surface area (Å²) in [6.07, 6.45) is 1.73. The van der Waals surface area contributed by atoms with Crippen LogP contribution in [0.5, 0.6) is 0 Å². The van der Waals surface area contributed by atoms with Crippen LogP contribution < -0.4 is 0 Å². The summed E-state index contributed by atoms with van der Waals surface area (Å²) in [6, 6.07) is 1.96. The molecule has 1 unspecified atom stereocenters. The van der Waals surface area contributed by atoms with Gasteiger partial charge in [0.25, 0.3) is 0 Å². The molecule has 0 spiro atoms. The molecule has 0 aromatic carbocycles. The Bertz CT molecular complexity index is 389. The van der Waals surface area contributed by atoms with E-state index < -0.39 is 5.97 Å². The summed E-state index contributed by atoms with van der Waals surface area (Å²) < 4.78 is 1.79. The summed E-state index contributed by atoms with van der Waals surface area (Å²) in [5.74, 6) is -0.803. The van der Waals surface area contributed by atoms with Crippen molar-refractivity contribution >= 4 is 5.97 Å². The molecule has 0 aliphatic heterocycles. The Morgan fingerprint density at radius 3 is 2.61 bits per heavy atom. The van der Waals surface area contributed by atoms with Crippen LogP contribution in [0.3, 0.4) is 0 Å². The van der Waals surface area contributed by atoms with Crippen molar-refractivity contribution in [1.29, 1.82) is 0 Å². The van der Waals surface area contributed by atoms with Gasteiger partial charge < -0.3 is 10.0 Å². The number of likely N-dealkylation sites (N-methyl/N-ethyl adjacent to an activating group) is 1. The number of nitrogens with zero attached hydrogens (tertiary/aromatic N) is 4. The van der Waals surface area contributed by atoms with Crippen molar-refractivity contribution in [2.45, 2.75) is 13.0 Å². The molecule has 1 heterocycles. The largest absolute Gasteiger partial charge is 0.480 e. The van der Waals surface area contributed by atoms with Gasteiger partial charge in [0.15, 0.2) is 0 Å². The van der Waals surface area contributed by atoms with Gasteiger partial charge in [-0.2, -0.15) is 5.10 Å². The zero-order valence-corrected chi connectivity index (χ0v) is 11.5. The van der Waals surface area contributed by atoms with Gasteiger partial charge in [0, 0.05) is 32.4 Å². The van der Waals surface area contributed by atoms with Crippen molar-refractivity contribution in [3.63, 3.8) is 0 Å². The van der Waals surface area contributed by atoms with E-state index in [4.69, 9.17) is 5.11 Å². The monoisotopic (exact) mass is 254 g/mol. The summed E-state index contributed by atoms with van der Waals surface area (Å²) in [5, 5.41) is 13.1. The average Bonchev–Trinajstić information content (AvgIpc) is 2.69. The molecule has 1 N–H and O–H groups in total. The maximum absolute atomic E-state index is 10.9. The number of carbonyl (C=O) groups is 1. The van der Waals surface area contributed by atoms with Crippen molar-refractivity contribution in [3.8, 4) is 0 Å². The van der Waals surface area contributed by atoms with E-state index in [0.717, 1.165) is 12.2 Å². The lowest BCUT2D eigenvalue weighted by molar-refractivity contribution is -0.139. The molecule has 1 aromatic rings. The second-order valence-corrected chi connectivity index (χ2v) is 4.72. The van der Waals surface area contributed by atoms with E-state index in [9.17, 15) is 4.79 Å². The Morgan fingerprint density at radius 2 is 2.17 bits per heavy atom. The number of carboxylic acids is 1. The van der Waals surface area contributed by atoms with Gasteiger partial charge in [-0.15, -0.1) is 0 Å². The first-order valence-corrected chi connectivity index (χ1v) is 6.00. The van der Waals surface area contributed by atoms with E-state index in [1.54, 1.807) is 10.9 Å². The predicted octanol–water partition coefficient (Wildman–Crippen LogP) is 0.429. The van der Waals surface area contributed by atoms with E-state index in [-0.39, 0.29) is 12.6 Å². The summed E-state index contributed by atoms with van der Waals surface area (Å²) in [5.41, 5.74) is 1.02. The van der Waals surface area contributed by atoms with Gasteiger partial charge in [-0.3, -0.25) is 14.4 Å². The smallest absolute Gasteiger partial charge is 0.317 e. The zero-order valence-electron chi connectivity index (χ0n) is 11.5. The molecular formula is C12H22N4O2. The van der Waals surface area contributed by atoms with Crippen molar-refractivity contribution < 1.29 is 9.90 Å². The number of hydrogen-bond donors (Lipinski definition) is 1. The first-order chi connectivity index (χ1) is 8.41. The topological polar surface area (TPSA) is 61.6 Å². The molecule has 0 saturated heterocycles. The molecule has 102 valence electrons. The molecule has 6 nitrogen and oxygen atoms in total. The van der Waals surface area contributed by atoms with Crippen LogP contribution in [0.15, 0.2) is 12.3 Å². The second kappa shape index (κ2) is 6.51. The lowest BCUT2D eigenvalue weighted by Crippen LogP contribution is -2.38. The van der Waals surface area contributed by atoms with Crippen LogP contribution in [0.2, 0.25) is 0 Å². The lowest BCUT2D eigenvalue weighted by Gasteiger charge is -2.28. The lowest BCUT2D eigenvalue weighted by atomic mass is 10.2. The quantitative estimate of drug-likeness (QED) is 0.764. The second-order valence-electron chi connectivity index (χ2n) is 4.72. The Labute approximate surface area is 108 Å². The van der Waals surface area contributed by atoms with Crippen LogP contribution in [-0.2, 0) is 11.8 Å². The van der Waals surface area contributed by atoms with Crippen molar-refractivity contribution in [1.82, 2.24) is 19.6 Å². The van der Waals surface area contributed by atoms with E-state index in [2.05, 4.69) is 5.10 Å². The van der Waals surface area contributed by atoms with Gasteiger partial charge in [0.05, 0.1) is 12.2 Å². The molecule has 0 aliphatic carbocycles. The molecule has 1 aromatic heterocycles. The van der Waals surface area contributed by atoms with E-state index >= 15 is 0 Å². The molecular weight excluding hydrogens is 232 g/mol. The van der Waals surface area contributed by atoms with Crippen LogP contribution in [0.4, 0.5) is 0 Å². The number of rotatable bonds is 7. The number of aromatic nitrogens is 2. The Kier molecular flexibility index (Phi) is 5.30. The van der Waals surface area contributed by atoms with Crippen molar-refractivity contribution in [2.24, 2.45) is 7.05 Å². The molecule has 0 saturated carbocycles. The highest BCUT2D eigenvalue weighted by Crippen LogP contribution is 2.18. The minimum absolute atomic E-state index is 0.0357. The van der Waals surface area contributed by atoms with Gasteiger partial charge in [0.1, 0.15) is 0 Å². The standard InChI is InChI=1S/C12H22N4O2/c1-10(11-5-6-13-15(11)4)16(9-12(17)18)8-7-14(2)3/h5-6,10H,7-9H2,1-4H3,(H,17,18). The third-order valence-electron chi connectivity index (χ3n) is 3.01. The van der Waals surface area contributed by atoms with E-state index in [1.165, 1.54) is 0 Å². The molecule has 1 atom stereocenters. The highest BCUT2D eigenvalue weighted by molar-refractivity contribution is 5.69. The fourth-order valence-electron chi connectivity index (χ4n) is 1.89. The van der Waals surface area contributed by atoms with Gasteiger partial charge in [-0.25, -0.2) is 0 Å². The summed E-state index contributed by atoms with van der Waals surface area (Å²) in [6.45, 7) is 3.59. The molecule has 0 bridgehead atoms. The number of hydrogen-bond acceptors (Lipinski definition) is 4. The summed E-state index contributed by atoms with van der Waals surface area (Å²) in [4.78, 5) is 14.9. The van der Waals surface area contributed by atoms with Crippen LogP contribution in [0, 0.1) is 0 Å². The minimum atomic E-state index is -0.803. The number of aliphatic carboxylic acids is 1. The first kappa shape index (κ1) is 14.7.